The lowest BCUT2D eigenvalue weighted by Gasteiger charge is -2.13. The molecule has 0 aliphatic heterocycles. The third kappa shape index (κ3) is 4.86. The van der Waals surface area contributed by atoms with Crippen LogP contribution < -0.4 is 15.8 Å². The van der Waals surface area contributed by atoms with E-state index in [9.17, 15) is 13.6 Å². The summed E-state index contributed by atoms with van der Waals surface area (Å²) in [5, 5.41) is 3.06. The van der Waals surface area contributed by atoms with Crippen LogP contribution in [0, 0.1) is 12.8 Å². The van der Waals surface area contributed by atoms with Crippen molar-refractivity contribution in [3.63, 3.8) is 0 Å². The molecule has 1 aromatic carbocycles. The molecule has 3 aromatic rings. The Kier molecular flexibility index (Phi) is 7.04. The molecule has 0 radical (unpaired) electrons. The minimum absolute atomic E-state index is 0. The second-order valence-electron chi connectivity index (χ2n) is 9.13. The zero-order valence-corrected chi connectivity index (χ0v) is 19.6. The van der Waals surface area contributed by atoms with Crippen molar-refractivity contribution >= 4 is 29.3 Å². The summed E-state index contributed by atoms with van der Waals surface area (Å²) < 4.78 is 32.9. The number of nitrogens with one attached hydrogen (secondary N) is 2. The van der Waals surface area contributed by atoms with Crippen molar-refractivity contribution in [2.45, 2.75) is 57.5 Å². The molecule has 0 saturated heterocycles. The van der Waals surface area contributed by atoms with Crippen LogP contribution in [0.4, 0.5) is 8.78 Å². The second kappa shape index (κ2) is 9.84. The molecular formula is C24H28ClF2N5O2. The highest BCUT2D eigenvalue weighted by Crippen LogP contribution is 2.38. The fraction of sp³-hybridized carbons (Fsp3) is 0.458. The number of hydrogen-bond acceptors (Lipinski definition) is 5. The van der Waals surface area contributed by atoms with E-state index < -0.39 is 6.43 Å². The van der Waals surface area contributed by atoms with Crippen LogP contribution in [0.3, 0.4) is 0 Å². The molecule has 0 bridgehead atoms. The van der Waals surface area contributed by atoms with Gasteiger partial charge in [-0.25, -0.2) is 18.7 Å². The van der Waals surface area contributed by atoms with Crippen molar-refractivity contribution in [1.82, 2.24) is 20.3 Å². The number of carbonyl (C=O) groups is 1. The number of fused-ring (bicyclic) bond motifs is 1. The summed E-state index contributed by atoms with van der Waals surface area (Å²) in [7, 11) is 0. The Morgan fingerprint density at radius 2 is 2.06 bits per heavy atom. The molecule has 5 rings (SSSR count). The number of carbonyl (C=O) groups excluding carboxylic acids is 1. The standard InChI is InChI=1S/C24H27F2N5O2.ClH/c1-12-19(24(32)31-16-6-5-15(27)9-16)21-22(30-12)20(28-11-29-21)17-8-14(23(25)26)4-7-18(17)33-10-13-2-3-13;/h4,7-8,11,13,15-16,23,30H,2-3,5-6,9-10,27H2,1H3,(H,31,32);1H/t15-,16-;/m0./s1. The molecule has 2 saturated carbocycles. The number of rotatable bonds is 7. The quantitative estimate of drug-likeness (QED) is 0.444. The molecule has 0 spiro atoms. The first-order valence-corrected chi connectivity index (χ1v) is 11.4. The number of H-pyrrole nitrogens is 1. The molecule has 1 amide bonds. The molecule has 10 heteroatoms. The monoisotopic (exact) mass is 491 g/mol. The number of halogens is 3. The Hall–Kier alpha value is -2.78. The van der Waals surface area contributed by atoms with Crippen LogP contribution in [0.5, 0.6) is 5.75 Å². The van der Waals surface area contributed by atoms with Crippen LogP contribution >= 0.6 is 12.4 Å². The molecule has 7 nitrogen and oxygen atoms in total. The molecule has 2 heterocycles. The van der Waals surface area contributed by atoms with Crippen molar-refractivity contribution < 1.29 is 18.3 Å². The topological polar surface area (TPSA) is 106 Å². The van der Waals surface area contributed by atoms with Crippen LogP contribution in [0.15, 0.2) is 24.5 Å². The highest BCUT2D eigenvalue weighted by molar-refractivity contribution is 6.09. The van der Waals surface area contributed by atoms with Crippen LogP contribution in [0.25, 0.3) is 22.3 Å². The molecule has 34 heavy (non-hydrogen) atoms. The minimum atomic E-state index is -2.62. The maximum absolute atomic E-state index is 13.5. The zero-order valence-electron chi connectivity index (χ0n) is 18.8. The van der Waals surface area contributed by atoms with E-state index >= 15 is 0 Å². The highest BCUT2D eigenvalue weighted by Gasteiger charge is 2.28. The number of amides is 1. The van der Waals surface area contributed by atoms with Crippen LogP contribution in [-0.2, 0) is 0 Å². The average Bonchev–Trinajstić information content (AvgIpc) is 3.43. The first-order valence-electron chi connectivity index (χ1n) is 11.4. The van der Waals surface area contributed by atoms with E-state index in [2.05, 4.69) is 20.3 Å². The summed E-state index contributed by atoms with van der Waals surface area (Å²) in [6.45, 7) is 2.33. The Balaban J connectivity index is 0.00000274. The van der Waals surface area contributed by atoms with E-state index in [0.717, 1.165) is 32.1 Å². The minimum Gasteiger partial charge on any atom is -0.493 e. The van der Waals surface area contributed by atoms with Gasteiger partial charge in [0.25, 0.3) is 12.3 Å². The van der Waals surface area contributed by atoms with Gasteiger partial charge in [0, 0.05) is 28.9 Å². The van der Waals surface area contributed by atoms with Gasteiger partial charge in [-0.2, -0.15) is 0 Å². The Morgan fingerprint density at radius 3 is 2.74 bits per heavy atom. The van der Waals surface area contributed by atoms with E-state index in [0.29, 0.717) is 51.8 Å². The normalized spacial score (nSPS) is 19.9. The fourth-order valence-electron chi connectivity index (χ4n) is 4.49. The number of alkyl halides is 2. The molecule has 2 aliphatic rings. The van der Waals surface area contributed by atoms with Gasteiger partial charge in [-0.1, -0.05) is 0 Å². The third-order valence-corrected chi connectivity index (χ3v) is 6.49. The zero-order chi connectivity index (χ0) is 23.1. The van der Waals surface area contributed by atoms with Gasteiger partial charge < -0.3 is 20.8 Å². The fourth-order valence-corrected chi connectivity index (χ4v) is 4.49. The predicted octanol–water partition coefficient (Wildman–Crippen LogP) is 4.69. The number of aromatic nitrogens is 3. The molecule has 2 atom stereocenters. The predicted molar refractivity (Wildman–Crippen MR) is 128 cm³/mol. The number of nitrogens with two attached hydrogens (primary N) is 1. The second-order valence-corrected chi connectivity index (χ2v) is 9.13. The van der Waals surface area contributed by atoms with Crippen molar-refractivity contribution in [3.8, 4) is 17.0 Å². The van der Waals surface area contributed by atoms with Crippen LogP contribution in [-0.4, -0.2) is 39.5 Å². The lowest BCUT2D eigenvalue weighted by molar-refractivity contribution is 0.0938. The van der Waals surface area contributed by atoms with Crippen LogP contribution in [0.1, 0.15) is 60.1 Å². The van der Waals surface area contributed by atoms with Gasteiger partial charge >= 0.3 is 0 Å². The Bertz CT molecular complexity index is 1200. The van der Waals surface area contributed by atoms with Gasteiger partial charge in [0.1, 0.15) is 23.3 Å². The van der Waals surface area contributed by atoms with Gasteiger partial charge in [-0.3, -0.25) is 4.79 Å². The number of benzene rings is 1. The number of aromatic amines is 1. The third-order valence-electron chi connectivity index (χ3n) is 6.49. The van der Waals surface area contributed by atoms with Gasteiger partial charge in [-0.05, 0) is 63.1 Å². The van der Waals surface area contributed by atoms with Crippen molar-refractivity contribution in [2.24, 2.45) is 11.7 Å². The van der Waals surface area contributed by atoms with Crippen molar-refractivity contribution in [3.05, 3.63) is 41.3 Å². The molecule has 4 N–H and O–H groups in total. The van der Waals surface area contributed by atoms with E-state index in [1.54, 1.807) is 13.0 Å². The highest BCUT2D eigenvalue weighted by atomic mass is 35.5. The summed E-state index contributed by atoms with van der Waals surface area (Å²) in [5.41, 5.74) is 8.78. The van der Waals surface area contributed by atoms with Gasteiger partial charge in [0.15, 0.2) is 0 Å². The summed E-state index contributed by atoms with van der Waals surface area (Å²) >= 11 is 0. The van der Waals surface area contributed by atoms with E-state index in [-0.39, 0.29) is 36.0 Å². The average molecular weight is 492 g/mol. The molecule has 2 aliphatic carbocycles. The maximum Gasteiger partial charge on any atom is 0.263 e. The summed E-state index contributed by atoms with van der Waals surface area (Å²) in [4.78, 5) is 25.0. The molecule has 2 fully saturated rings. The molecule has 182 valence electrons. The van der Waals surface area contributed by atoms with Gasteiger partial charge in [0.2, 0.25) is 0 Å². The summed E-state index contributed by atoms with van der Waals surface area (Å²) in [6, 6.07) is 4.48. The van der Waals surface area contributed by atoms with Crippen molar-refractivity contribution in [1.29, 1.82) is 0 Å². The van der Waals surface area contributed by atoms with Gasteiger partial charge in [-0.15, -0.1) is 12.4 Å². The Morgan fingerprint density at radius 1 is 1.26 bits per heavy atom. The molecule has 0 unspecified atom stereocenters. The summed E-state index contributed by atoms with van der Waals surface area (Å²) in [6.07, 6.45) is 3.43. The largest absolute Gasteiger partial charge is 0.493 e. The Labute approximate surface area is 202 Å². The van der Waals surface area contributed by atoms with E-state index in [1.807, 2.05) is 0 Å². The van der Waals surface area contributed by atoms with Gasteiger partial charge in [0.05, 0.1) is 17.7 Å². The van der Waals surface area contributed by atoms with Crippen LogP contribution in [0.2, 0.25) is 0 Å². The lowest BCUT2D eigenvalue weighted by Crippen LogP contribution is -2.34. The first kappa shape index (κ1) is 24.3. The maximum atomic E-state index is 13.5. The lowest BCUT2D eigenvalue weighted by atomic mass is 10.0. The van der Waals surface area contributed by atoms with E-state index in [1.165, 1.54) is 18.5 Å². The number of nitrogens with zero attached hydrogens (tertiary/aromatic N) is 2. The SMILES string of the molecule is Cc1[nH]c2c(-c3cc(C(F)F)ccc3OCC3CC3)ncnc2c1C(=O)N[C@H]1CC[C@H](N)C1.Cl. The van der Waals surface area contributed by atoms with Crippen molar-refractivity contribution in [2.75, 3.05) is 6.61 Å². The van der Waals surface area contributed by atoms with E-state index in [4.69, 9.17) is 10.5 Å². The number of hydrogen-bond donors (Lipinski definition) is 3. The smallest absolute Gasteiger partial charge is 0.263 e. The first-order chi connectivity index (χ1) is 15.9. The molecular weight excluding hydrogens is 464 g/mol. The number of ether oxygens (including phenoxy) is 1. The summed E-state index contributed by atoms with van der Waals surface area (Å²) in [5.74, 6) is 0.767. The number of aryl methyl sites for hydroxylation is 1. The molecule has 2 aromatic heterocycles.